The molecule has 5 heteroatoms. The van der Waals surface area contributed by atoms with Crippen molar-refractivity contribution in [1.82, 2.24) is 5.32 Å². The van der Waals surface area contributed by atoms with E-state index >= 15 is 0 Å². The standard InChI is InChI=1S/C10H17NO4/c1-4-15-7-5-6(10(7,2)3)11-8(12)9(13)14/h6-7H,4-5H2,1-3H3,(H,11,12)(H,13,14). The van der Waals surface area contributed by atoms with E-state index in [1.54, 1.807) is 0 Å². The lowest BCUT2D eigenvalue weighted by molar-refractivity contribution is -0.155. The molecule has 1 amide bonds. The van der Waals surface area contributed by atoms with E-state index in [2.05, 4.69) is 5.32 Å². The second-order valence-corrected chi connectivity index (χ2v) is 4.33. The van der Waals surface area contributed by atoms with E-state index in [1.165, 1.54) is 0 Å². The monoisotopic (exact) mass is 215 g/mol. The fraction of sp³-hybridized carbons (Fsp3) is 0.800. The second-order valence-electron chi connectivity index (χ2n) is 4.33. The van der Waals surface area contributed by atoms with Crippen molar-refractivity contribution in [3.05, 3.63) is 0 Å². The number of rotatable bonds is 3. The molecule has 2 unspecified atom stereocenters. The van der Waals surface area contributed by atoms with Gasteiger partial charge in [-0.3, -0.25) is 4.79 Å². The number of aliphatic carboxylic acids is 1. The Kier molecular flexibility index (Phi) is 3.34. The Bertz CT molecular complexity index is 275. The number of ether oxygens (including phenoxy) is 1. The third-order valence-electron chi connectivity index (χ3n) is 3.05. The zero-order chi connectivity index (χ0) is 11.6. The van der Waals surface area contributed by atoms with E-state index in [0.717, 1.165) is 0 Å². The van der Waals surface area contributed by atoms with Gasteiger partial charge in [-0.2, -0.15) is 0 Å². The maximum absolute atomic E-state index is 10.9. The van der Waals surface area contributed by atoms with Gasteiger partial charge in [0.1, 0.15) is 0 Å². The van der Waals surface area contributed by atoms with Gasteiger partial charge in [0.2, 0.25) is 0 Å². The van der Waals surface area contributed by atoms with Crippen LogP contribution in [0.2, 0.25) is 0 Å². The molecule has 15 heavy (non-hydrogen) atoms. The summed E-state index contributed by atoms with van der Waals surface area (Å²) in [5.41, 5.74) is -0.193. The minimum Gasteiger partial charge on any atom is -0.474 e. The number of carbonyl (C=O) groups excluding carboxylic acids is 1. The van der Waals surface area contributed by atoms with Crippen molar-refractivity contribution < 1.29 is 19.4 Å². The number of carboxylic acids is 1. The lowest BCUT2D eigenvalue weighted by atomic mass is 9.64. The van der Waals surface area contributed by atoms with Crippen LogP contribution in [0.1, 0.15) is 27.2 Å². The van der Waals surface area contributed by atoms with Gasteiger partial charge in [-0.15, -0.1) is 0 Å². The van der Waals surface area contributed by atoms with E-state index < -0.39 is 11.9 Å². The normalized spacial score (nSPS) is 27.9. The number of carbonyl (C=O) groups is 2. The van der Waals surface area contributed by atoms with E-state index in [1.807, 2.05) is 20.8 Å². The Morgan fingerprint density at radius 2 is 2.13 bits per heavy atom. The maximum atomic E-state index is 10.9. The van der Waals surface area contributed by atoms with Crippen LogP contribution in [0.4, 0.5) is 0 Å². The second kappa shape index (κ2) is 4.18. The lowest BCUT2D eigenvalue weighted by Crippen LogP contribution is -2.62. The molecule has 0 aromatic heterocycles. The van der Waals surface area contributed by atoms with Gasteiger partial charge in [0, 0.05) is 18.1 Å². The number of amides is 1. The Labute approximate surface area is 88.8 Å². The largest absolute Gasteiger partial charge is 0.474 e. The molecule has 0 aliphatic heterocycles. The molecule has 0 spiro atoms. The van der Waals surface area contributed by atoms with E-state index in [0.29, 0.717) is 13.0 Å². The molecule has 1 saturated carbocycles. The van der Waals surface area contributed by atoms with Gasteiger partial charge in [-0.25, -0.2) is 4.79 Å². The highest BCUT2D eigenvalue weighted by Gasteiger charge is 2.49. The molecule has 0 aromatic carbocycles. The Morgan fingerprint density at radius 3 is 2.53 bits per heavy atom. The molecule has 1 fully saturated rings. The topological polar surface area (TPSA) is 75.6 Å². The van der Waals surface area contributed by atoms with Gasteiger partial charge < -0.3 is 15.2 Å². The summed E-state index contributed by atoms with van der Waals surface area (Å²) in [5, 5.41) is 10.9. The summed E-state index contributed by atoms with van der Waals surface area (Å²) in [5.74, 6) is -2.38. The van der Waals surface area contributed by atoms with Crippen molar-refractivity contribution in [3.8, 4) is 0 Å². The van der Waals surface area contributed by atoms with Crippen molar-refractivity contribution in [2.45, 2.75) is 39.3 Å². The number of nitrogens with one attached hydrogen (secondary N) is 1. The molecule has 0 heterocycles. The average molecular weight is 215 g/mol. The third kappa shape index (κ3) is 2.28. The number of carboxylic acid groups (broad SMARTS) is 1. The van der Waals surface area contributed by atoms with Crippen molar-refractivity contribution >= 4 is 11.9 Å². The van der Waals surface area contributed by atoms with E-state index in [-0.39, 0.29) is 17.6 Å². The SMILES string of the molecule is CCOC1CC(NC(=O)C(=O)O)C1(C)C. The lowest BCUT2D eigenvalue weighted by Gasteiger charge is -2.51. The van der Waals surface area contributed by atoms with Gasteiger partial charge >= 0.3 is 11.9 Å². The molecule has 2 atom stereocenters. The van der Waals surface area contributed by atoms with Crippen LogP contribution < -0.4 is 5.32 Å². The molecule has 0 aromatic rings. The number of hydrogen-bond donors (Lipinski definition) is 2. The van der Waals surface area contributed by atoms with Gasteiger partial charge in [0.15, 0.2) is 0 Å². The van der Waals surface area contributed by atoms with Crippen LogP contribution in [0.3, 0.4) is 0 Å². The third-order valence-corrected chi connectivity index (χ3v) is 3.05. The summed E-state index contributed by atoms with van der Waals surface area (Å²) in [6, 6.07) is -0.113. The zero-order valence-corrected chi connectivity index (χ0v) is 9.24. The highest BCUT2D eigenvalue weighted by atomic mass is 16.5. The van der Waals surface area contributed by atoms with Gasteiger partial charge in [0.05, 0.1) is 6.10 Å². The fourth-order valence-corrected chi connectivity index (χ4v) is 1.83. The molecule has 1 rings (SSSR count). The van der Waals surface area contributed by atoms with Crippen LogP contribution in [0.15, 0.2) is 0 Å². The smallest absolute Gasteiger partial charge is 0.394 e. The van der Waals surface area contributed by atoms with Crippen molar-refractivity contribution in [3.63, 3.8) is 0 Å². The van der Waals surface area contributed by atoms with E-state index in [4.69, 9.17) is 9.84 Å². The molecular formula is C10H17NO4. The predicted molar refractivity (Wildman–Crippen MR) is 53.4 cm³/mol. The molecule has 0 radical (unpaired) electrons. The molecule has 1 aliphatic rings. The summed E-state index contributed by atoms with van der Waals surface area (Å²) in [6.45, 7) is 6.47. The van der Waals surface area contributed by atoms with Crippen LogP contribution in [-0.4, -0.2) is 35.7 Å². The molecule has 0 bridgehead atoms. The minimum absolute atomic E-state index is 0.0987. The van der Waals surface area contributed by atoms with Crippen LogP contribution in [-0.2, 0) is 14.3 Å². The van der Waals surface area contributed by atoms with Crippen LogP contribution >= 0.6 is 0 Å². The van der Waals surface area contributed by atoms with Gasteiger partial charge in [-0.1, -0.05) is 13.8 Å². The molecular weight excluding hydrogens is 198 g/mol. The average Bonchev–Trinajstić information content (AvgIpc) is 2.16. The first-order valence-corrected chi connectivity index (χ1v) is 5.05. The Hall–Kier alpha value is -1.10. The fourth-order valence-electron chi connectivity index (χ4n) is 1.83. The van der Waals surface area contributed by atoms with Crippen LogP contribution in [0.25, 0.3) is 0 Å². The first kappa shape index (κ1) is 12.0. The van der Waals surface area contributed by atoms with E-state index in [9.17, 15) is 9.59 Å². The molecule has 0 saturated heterocycles. The Balaban J connectivity index is 2.48. The molecule has 2 N–H and O–H groups in total. The van der Waals surface area contributed by atoms with Crippen LogP contribution in [0.5, 0.6) is 0 Å². The zero-order valence-electron chi connectivity index (χ0n) is 9.24. The Morgan fingerprint density at radius 1 is 1.53 bits per heavy atom. The molecule has 5 nitrogen and oxygen atoms in total. The summed E-state index contributed by atoms with van der Waals surface area (Å²) in [4.78, 5) is 21.3. The molecule has 1 aliphatic carbocycles. The first-order chi connectivity index (χ1) is 6.89. The maximum Gasteiger partial charge on any atom is 0.394 e. The van der Waals surface area contributed by atoms with Gasteiger partial charge in [0.25, 0.3) is 0 Å². The van der Waals surface area contributed by atoms with Crippen LogP contribution in [0, 0.1) is 5.41 Å². The quantitative estimate of drug-likeness (QED) is 0.668. The summed E-state index contributed by atoms with van der Waals surface area (Å²) in [7, 11) is 0. The molecule has 86 valence electrons. The predicted octanol–water partition coefficient (Wildman–Crippen LogP) is 0.391. The highest BCUT2D eigenvalue weighted by Crippen LogP contribution is 2.42. The summed E-state index contributed by atoms with van der Waals surface area (Å²) >= 11 is 0. The minimum atomic E-state index is -1.44. The van der Waals surface area contributed by atoms with Crippen molar-refractivity contribution in [1.29, 1.82) is 0 Å². The number of hydrogen-bond acceptors (Lipinski definition) is 3. The highest BCUT2D eigenvalue weighted by molar-refractivity contribution is 6.31. The van der Waals surface area contributed by atoms with Crippen molar-refractivity contribution in [2.24, 2.45) is 5.41 Å². The first-order valence-electron chi connectivity index (χ1n) is 5.05. The summed E-state index contributed by atoms with van der Waals surface area (Å²) in [6.07, 6.45) is 0.779. The van der Waals surface area contributed by atoms with Gasteiger partial charge in [-0.05, 0) is 13.3 Å². The van der Waals surface area contributed by atoms with Crippen molar-refractivity contribution in [2.75, 3.05) is 6.61 Å². The summed E-state index contributed by atoms with van der Waals surface area (Å²) < 4.78 is 5.47.